The predicted octanol–water partition coefficient (Wildman–Crippen LogP) is 0.610. The van der Waals surface area contributed by atoms with Gasteiger partial charge >= 0.3 is 0 Å². The van der Waals surface area contributed by atoms with E-state index in [9.17, 15) is 4.79 Å². The van der Waals surface area contributed by atoms with E-state index < -0.39 is 0 Å². The molecule has 0 spiro atoms. The molecular formula is C9H11N3O. The van der Waals surface area contributed by atoms with E-state index in [0.29, 0.717) is 0 Å². The van der Waals surface area contributed by atoms with Gasteiger partial charge in [0.05, 0.1) is 12.2 Å². The van der Waals surface area contributed by atoms with E-state index in [1.165, 1.54) is 0 Å². The summed E-state index contributed by atoms with van der Waals surface area (Å²) in [6.45, 7) is 3.50. The maximum Gasteiger partial charge on any atom is 0.296 e. The third-order valence-electron chi connectivity index (χ3n) is 1.61. The molecule has 0 radical (unpaired) electrons. The van der Waals surface area contributed by atoms with Crippen molar-refractivity contribution in [3.05, 3.63) is 18.0 Å². The van der Waals surface area contributed by atoms with Crippen LogP contribution in [0.3, 0.4) is 0 Å². The van der Waals surface area contributed by atoms with Crippen molar-refractivity contribution in [2.24, 2.45) is 0 Å². The molecule has 4 nitrogen and oxygen atoms in total. The summed E-state index contributed by atoms with van der Waals surface area (Å²) in [6, 6.07) is -0.0629. The molecule has 0 aliphatic carbocycles. The highest BCUT2D eigenvalue weighted by atomic mass is 16.1. The Labute approximate surface area is 76.7 Å². The number of H-pyrrole nitrogens is 1. The van der Waals surface area contributed by atoms with Crippen molar-refractivity contribution in [3.63, 3.8) is 0 Å². The number of aromatic amines is 1. The third kappa shape index (κ3) is 2.64. The molecule has 2 N–H and O–H groups in total. The summed E-state index contributed by atoms with van der Waals surface area (Å²) in [5.74, 6) is 4.67. The van der Waals surface area contributed by atoms with E-state index in [-0.39, 0.29) is 11.9 Å². The number of nitrogens with one attached hydrogen (secondary N) is 2. The quantitative estimate of drug-likeness (QED) is 0.650. The molecule has 4 heteroatoms. The van der Waals surface area contributed by atoms with Gasteiger partial charge in [0.2, 0.25) is 0 Å². The Balaban J connectivity index is 2.54. The molecule has 0 saturated heterocycles. The van der Waals surface area contributed by atoms with E-state index in [2.05, 4.69) is 27.4 Å². The van der Waals surface area contributed by atoms with Crippen LogP contribution in [0, 0.1) is 11.8 Å². The first-order chi connectivity index (χ1) is 6.24. The third-order valence-corrected chi connectivity index (χ3v) is 1.61. The zero-order valence-corrected chi connectivity index (χ0v) is 7.59. The Morgan fingerprint density at radius 3 is 3.08 bits per heavy atom. The highest BCUT2D eigenvalue weighted by Crippen LogP contribution is 2.07. The number of rotatable bonds is 2. The maximum absolute atomic E-state index is 11.0. The number of hydrogen-bond acceptors (Lipinski definition) is 2. The lowest BCUT2D eigenvalue weighted by molar-refractivity contribution is -0.116. The highest BCUT2D eigenvalue weighted by Gasteiger charge is 2.07. The van der Waals surface area contributed by atoms with Gasteiger partial charge in [0.1, 0.15) is 0 Å². The smallest absolute Gasteiger partial charge is 0.296 e. The number of aromatic nitrogens is 2. The first-order valence-electron chi connectivity index (χ1n) is 3.96. The molecule has 0 aromatic carbocycles. The van der Waals surface area contributed by atoms with Crippen molar-refractivity contribution < 1.29 is 4.79 Å². The second kappa shape index (κ2) is 4.31. The van der Waals surface area contributed by atoms with Gasteiger partial charge < -0.3 is 5.32 Å². The average Bonchev–Trinajstić information content (AvgIpc) is 2.55. The molecule has 1 unspecified atom stereocenters. The van der Waals surface area contributed by atoms with Crippen LogP contribution in [0.5, 0.6) is 0 Å². The lowest BCUT2D eigenvalue weighted by Gasteiger charge is -2.08. The van der Waals surface area contributed by atoms with Crippen LogP contribution < -0.4 is 5.32 Å². The Hall–Kier alpha value is -1.76. The fourth-order valence-corrected chi connectivity index (χ4v) is 0.927. The Morgan fingerprint density at radius 2 is 2.54 bits per heavy atom. The van der Waals surface area contributed by atoms with Crippen molar-refractivity contribution in [2.75, 3.05) is 0 Å². The van der Waals surface area contributed by atoms with Gasteiger partial charge in [-0.1, -0.05) is 5.92 Å². The minimum atomic E-state index is -0.267. The van der Waals surface area contributed by atoms with Gasteiger partial charge in [-0.25, -0.2) is 0 Å². The molecule has 0 aliphatic heterocycles. The van der Waals surface area contributed by atoms with Gasteiger partial charge in [-0.15, -0.1) is 0 Å². The fraction of sp³-hybridized carbons (Fsp3) is 0.333. The van der Waals surface area contributed by atoms with Crippen molar-refractivity contribution in [1.29, 1.82) is 0 Å². The van der Waals surface area contributed by atoms with Crippen molar-refractivity contribution >= 4 is 5.91 Å². The molecule has 0 aliphatic rings. The first kappa shape index (κ1) is 9.33. The van der Waals surface area contributed by atoms with E-state index in [4.69, 9.17) is 0 Å². The molecule has 0 bridgehead atoms. The van der Waals surface area contributed by atoms with Gasteiger partial charge in [-0.3, -0.25) is 9.89 Å². The Bertz CT molecular complexity index is 331. The highest BCUT2D eigenvalue weighted by molar-refractivity contribution is 5.93. The fourth-order valence-electron chi connectivity index (χ4n) is 0.927. The predicted molar refractivity (Wildman–Crippen MR) is 48.6 cm³/mol. The number of carbonyl (C=O) groups is 1. The zero-order chi connectivity index (χ0) is 9.68. The number of hydrogen-bond donors (Lipinski definition) is 2. The van der Waals surface area contributed by atoms with Crippen LogP contribution in [-0.4, -0.2) is 16.1 Å². The normalized spacial score (nSPS) is 11.2. The number of amides is 1. The molecule has 1 heterocycles. The van der Waals surface area contributed by atoms with Gasteiger partial charge in [0, 0.05) is 11.8 Å². The zero-order valence-electron chi connectivity index (χ0n) is 7.59. The van der Waals surface area contributed by atoms with Crippen molar-refractivity contribution in [1.82, 2.24) is 15.5 Å². The molecular weight excluding hydrogens is 166 g/mol. The summed E-state index contributed by atoms with van der Waals surface area (Å²) in [7, 11) is 0. The number of nitrogens with zero attached hydrogens (tertiary/aromatic N) is 1. The molecule has 1 atom stereocenters. The molecule has 1 aromatic heterocycles. The van der Waals surface area contributed by atoms with Gasteiger partial charge in [-0.05, 0) is 19.8 Å². The van der Waals surface area contributed by atoms with Crippen LogP contribution in [0.2, 0.25) is 0 Å². The molecule has 1 amide bonds. The van der Waals surface area contributed by atoms with Gasteiger partial charge in [0.25, 0.3) is 5.91 Å². The van der Waals surface area contributed by atoms with Crippen molar-refractivity contribution in [2.45, 2.75) is 19.9 Å². The van der Waals surface area contributed by atoms with Crippen LogP contribution in [0.25, 0.3) is 0 Å². The second-order valence-electron chi connectivity index (χ2n) is 2.60. The van der Waals surface area contributed by atoms with E-state index in [1.807, 2.05) is 6.92 Å². The lowest BCUT2D eigenvalue weighted by atomic mass is 10.2. The molecule has 13 heavy (non-hydrogen) atoms. The number of carbonyl (C=O) groups excluding carboxylic acids is 1. The second-order valence-corrected chi connectivity index (χ2v) is 2.60. The minimum Gasteiger partial charge on any atom is -0.339 e. The average molecular weight is 177 g/mol. The maximum atomic E-state index is 11.0. The van der Waals surface area contributed by atoms with E-state index in [1.54, 1.807) is 19.3 Å². The molecule has 0 saturated carbocycles. The SMILES string of the molecule is CC#CC(=O)NC(C)c1cn[nH]c1. The van der Waals surface area contributed by atoms with Crippen LogP contribution in [0.15, 0.2) is 12.4 Å². The minimum absolute atomic E-state index is 0.0629. The van der Waals surface area contributed by atoms with Gasteiger partial charge in [-0.2, -0.15) is 5.10 Å². The van der Waals surface area contributed by atoms with Crippen LogP contribution in [0.4, 0.5) is 0 Å². The van der Waals surface area contributed by atoms with Crippen LogP contribution in [0.1, 0.15) is 25.5 Å². The summed E-state index contributed by atoms with van der Waals surface area (Å²) in [5, 5.41) is 9.17. The Kier molecular flexibility index (Phi) is 3.09. The molecule has 68 valence electrons. The van der Waals surface area contributed by atoms with Gasteiger partial charge in [0.15, 0.2) is 0 Å². The monoisotopic (exact) mass is 177 g/mol. The first-order valence-corrected chi connectivity index (χ1v) is 3.96. The van der Waals surface area contributed by atoms with Crippen molar-refractivity contribution in [3.8, 4) is 11.8 Å². The summed E-state index contributed by atoms with van der Waals surface area (Å²) in [5.41, 5.74) is 0.936. The Morgan fingerprint density at radius 1 is 1.77 bits per heavy atom. The topological polar surface area (TPSA) is 57.8 Å². The summed E-state index contributed by atoms with van der Waals surface area (Å²) >= 11 is 0. The van der Waals surface area contributed by atoms with E-state index in [0.717, 1.165) is 5.56 Å². The standard InChI is InChI=1S/C9H11N3O/c1-3-4-9(13)12-7(2)8-5-10-11-6-8/h5-7H,1-2H3,(H,10,11)(H,12,13). The summed E-state index contributed by atoms with van der Waals surface area (Å²) < 4.78 is 0. The molecule has 0 fully saturated rings. The van der Waals surface area contributed by atoms with Crippen LogP contribution >= 0.6 is 0 Å². The summed E-state index contributed by atoms with van der Waals surface area (Å²) in [6.07, 6.45) is 3.41. The van der Waals surface area contributed by atoms with Crippen LogP contribution in [-0.2, 0) is 4.79 Å². The lowest BCUT2D eigenvalue weighted by Crippen LogP contribution is -2.24. The molecule has 1 aromatic rings. The molecule has 1 rings (SSSR count). The summed E-state index contributed by atoms with van der Waals surface area (Å²) in [4.78, 5) is 11.0. The largest absolute Gasteiger partial charge is 0.339 e. The van der Waals surface area contributed by atoms with E-state index >= 15 is 0 Å².